The second kappa shape index (κ2) is 5.36. The van der Waals surface area contributed by atoms with E-state index in [-0.39, 0.29) is 0 Å². The summed E-state index contributed by atoms with van der Waals surface area (Å²) in [5.41, 5.74) is 1.37. The Morgan fingerprint density at radius 1 is 1.17 bits per heavy atom. The molecule has 0 saturated heterocycles. The fourth-order valence-corrected chi connectivity index (χ4v) is 1.71. The highest BCUT2D eigenvalue weighted by molar-refractivity contribution is 4.98. The molecule has 0 amide bonds. The molecule has 0 aromatic heterocycles. The zero-order chi connectivity index (χ0) is 9.72. The predicted molar refractivity (Wildman–Crippen MR) is 54.2 cm³/mol. The second-order valence-electron chi connectivity index (χ2n) is 4.05. The van der Waals surface area contributed by atoms with Gasteiger partial charge in [0.15, 0.2) is 0 Å². The van der Waals surface area contributed by atoms with Crippen molar-refractivity contribution >= 4 is 0 Å². The molecule has 1 nitrogen and oxygen atoms in total. The Balaban J connectivity index is 4.22. The van der Waals surface area contributed by atoms with Crippen molar-refractivity contribution in [3.05, 3.63) is 11.6 Å². The lowest BCUT2D eigenvalue weighted by Gasteiger charge is -2.24. The first-order valence-electron chi connectivity index (χ1n) is 4.66. The first kappa shape index (κ1) is 11.7. The Kier molecular flexibility index (Phi) is 5.23. The van der Waals surface area contributed by atoms with Gasteiger partial charge in [-0.1, -0.05) is 32.4 Å². The van der Waals surface area contributed by atoms with Gasteiger partial charge < -0.3 is 4.74 Å². The van der Waals surface area contributed by atoms with Gasteiger partial charge in [0.05, 0.1) is 6.10 Å². The van der Waals surface area contributed by atoms with Gasteiger partial charge in [-0.3, -0.25) is 0 Å². The van der Waals surface area contributed by atoms with E-state index >= 15 is 0 Å². The summed E-state index contributed by atoms with van der Waals surface area (Å²) in [6.07, 6.45) is 2.62. The highest BCUT2D eigenvalue weighted by Gasteiger charge is 2.17. The highest BCUT2D eigenvalue weighted by Crippen LogP contribution is 2.18. The van der Waals surface area contributed by atoms with Crippen LogP contribution < -0.4 is 0 Å². The second-order valence-corrected chi connectivity index (χ2v) is 4.05. The van der Waals surface area contributed by atoms with Crippen LogP contribution in [0.15, 0.2) is 11.6 Å². The van der Waals surface area contributed by atoms with Crippen LogP contribution in [0.25, 0.3) is 0 Å². The first-order chi connectivity index (χ1) is 5.49. The predicted octanol–water partition coefficient (Wildman–Crippen LogP) is 3.26. The summed E-state index contributed by atoms with van der Waals surface area (Å²) < 4.78 is 5.43. The van der Waals surface area contributed by atoms with Gasteiger partial charge in [0.25, 0.3) is 0 Å². The quantitative estimate of drug-likeness (QED) is 0.588. The van der Waals surface area contributed by atoms with Gasteiger partial charge in [-0.2, -0.15) is 0 Å². The molecular formula is C11H22O. The molecule has 0 aliphatic heterocycles. The number of hydrogen-bond donors (Lipinski definition) is 0. The molecule has 0 heterocycles. The van der Waals surface area contributed by atoms with E-state index in [0.717, 1.165) is 0 Å². The minimum Gasteiger partial charge on any atom is -0.381 e. The molecule has 0 saturated carbocycles. The van der Waals surface area contributed by atoms with Crippen LogP contribution in [-0.4, -0.2) is 13.2 Å². The lowest BCUT2D eigenvalue weighted by Crippen LogP contribution is -2.25. The van der Waals surface area contributed by atoms with E-state index in [0.29, 0.717) is 17.9 Å². The van der Waals surface area contributed by atoms with E-state index in [1.807, 2.05) is 0 Å². The number of rotatable bonds is 4. The van der Waals surface area contributed by atoms with Crippen LogP contribution in [0.4, 0.5) is 0 Å². The standard InChI is InChI=1S/C11H22O/c1-8(2)7-10(5)11(12-6)9(3)4/h7,9-11H,1-6H3. The maximum absolute atomic E-state index is 5.43. The maximum atomic E-state index is 5.43. The molecule has 0 N–H and O–H groups in total. The Morgan fingerprint density at radius 3 is 1.92 bits per heavy atom. The van der Waals surface area contributed by atoms with Crippen LogP contribution in [0.3, 0.4) is 0 Å². The molecule has 0 aliphatic rings. The van der Waals surface area contributed by atoms with Crippen LogP contribution in [-0.2, 0) is 4.74 Å². The van der Waals surface area contributed by atoms with Crippen LogP contribution in [0, 0.1) is 11.8 Å². The lowest BCUT2D eigenvalue weighted by atomic mass is 9.93. The first-order valence-corrected chi connectivity index (χ1v) is 4.66. The largest absolute Gasteiger partial charge is 0.381 e. The van der Waals surface area contributed by atoms with Gasteiger partial charge in [-0.05, 0) is 19.8 Å². The molecule has 72 valence electrons. The highest BCUT2D eigenvalue weighted by atomic mass is 16.5. The average Bonchev–Trinajstić information content (AvgIpc) is 1.85. The third-order valence-electron chi connectivity index (χ3n) is 2.04. The Morgan fingerprint density at radius 2 is 1.67 bits per heavy atom. The van der Waals surface area contributed by atoms with E-state index in [9.17, 15) is 0 Å². The molecule has 12 heavy (non-hydrogen) atoms. The van der Waals surface area contributed by atoms with Crippen LogP contribution >= 0.6 is 0 Å². The molecule has 0 fully saturated rings. The summed E-state index contributed by atoms with van der Waals surface area (Å²) in [6, 6.07) is 0. The minimum atomic E-state index is 0.347. The monoisotopic (exact) mass is 170 g/mol. The van der Waals surface area contributed by atoms with Crippen LogP contribution in [0.5, 0.6) is 0 Å². The molecule has 0 radical (unpaired) electrons. The molecule has 0 spiro atoms. The van der Waals surface area contributed by atoms with Gasteiger partial charge >= 0.3 is 0 Å². The van der Waals surface area contributed by atoms with Gasteiger partial charge in [0.2, 0.25) is 0 Å². The normalized spacial score (nSPS) is 15.9. The number of allylic oxidation sites excluding steroid dienone is 1. The van der Waals surface area contributed by atoms with Gasteiger partial charge in [-0.15, -0.1) is 0 Å². The molecule has 0 aliphatic carbocycles. The number of methoxy groups -OCH3 is 1. The van der Waals surface area contributed by atoms with Gasteiger partial charge in [-0.25, -0.2) is 0 Å². The molecule has 0 aromatic carbocycles. The Labute approximate surface area is 76.8 Å². The third-order valence-corrected chi connectivity index (χ3v) is 2.04. The van der Waals surface area contributed by atoms with Crippen molar-refractivity contribution in [2.75, 3.05) is 7.11 Å². The smallest absolute Gasteiger partial charge is 0.0654 e. The fourth-order valence-electron chi connectivity index (χ4n) is 1.71. The van der Waals surface area contributed by atoms with Crippen molar-refractivity contribution in [3.63, 3.8) is 0 Å². The SMILES string of the molecule is COC(C(C)C)C(C)C=C(C)C. The Bertz CT molecular complexity index is 143. The zero-order valence-corrected chi connectivity index (χ0v) is 9.22. The fraction of sp³-hybridized carbons (Fsp3) is 0.818. The maximum Gasteiger partial charge on any atom is 0.0654 e. The van der Waals surface area contributed by atoms with Crippen molar-refractivity contribution in [3.8, 4) is 0 Å². The van der Waals surface area contributed by atoms with Crippen LogP contribution in [0.2, 0.25) is 0 Å². The molecule has 0 bridgehead atoms. The van der Waals surface area contributed by atoms with Gasteiger partial charge in [0, 0.05) is 13.0 Å². The summed E-state index contributed by atoms with van der Waals surface area (Å²) >= 11 is 0. The summed E-state index contributed by atoms with van der Waals surface area (Å²) in [6.45, 7) is 10.9. The molecular weight excluding hydrogens is 148 g/mol. The van der Waals surface area contributed by atoms with Crippen molar-refractivity contribution < 1.29 is 4.74 Å². The Hall–Kier alpha value is -0.300. The molecule has 1 heteroatoms. The van der Waals surface area contributed by atoms with Crippen molar-refractivity contribution in [1.29, 1.82) is 0 Å². The molecule has 2 atom stereocenters. The zero-order valence-electron chi connectivity index (χ0n) is 9.22. The third kappa shape index (κ3) is 3.91. The summed E-state index contributed by atoms with van der Waals surface area (Å²) in [5.74, 6) is 1.10. The molecule has 0 rings (SSSR count). The van der Waals surface area contributed by atoms with Crippen molar-refractivity contribution in [2.45, 2.75) is 40.7 Å². The van der Waals surface area contributed by atoms with Gasteiger partial charge in [0.1, 0.15) is 0 Å². The van der Waals surface area contributed by atoms with Crippen molar-refractivity contribution in [1.82, 2.24) is 0 Å². The number of ether oxygens (including phenoxy) is 1. The molecule has 0 aromatic rings. The van der Waals surface area contributed by atoms with E-state index < -0.39 is 0 Å². The summed E-state index contributed by atoms with van der Waals surface area (Å²) in [5, 5.41) is 0. The topological polar surface area (TPSA) is 9.23 Å². The average molecular weight is 170 g/mol. The van der Waals surface area contributed by atoms with Crippen LogP contribution in [0.1, 0.15) is 34.6 Å². The minimum absolute atomic E-state index is 0.347. The van der Waals surface area contributed by atoms with E-state index in [2.05, 4.69) is 40.7 Å². The summed E-state index contributed by atoms with van der Waals surface area (Å²) in [4.78, 5) is 0. The number of hydrogen-bond acceptors (Lipinski definition) is 1. The van der Waals surface area contributed by atoms with Crippen molar-refractivity contribution in [2.24, 2.45) is 11.8 Å². The van der Waals surface area contributed by atoms with E-state index in [1.165, 1.54) is 5.57 Å². The molecule has 2 unspecified atom stereocenters. The van der Waals surface area contributed by atoms with E-state index in [4.69, 9.17) is 4.74 Å². The lowest BCUT2D eigenvalue weighted by molar-refractivity contribution is 0.0376. The summed E-state index contributed by atoms with van der Waals surface area (Å²) in [7, 11) is 1.79. The van der Waals surface area contributed by atoms with E-state index in [1.54, 1.807) is 7.11 Å².